The van der Waals surface area contributed by atoms with E-state index in [2.05, 4.69) is 10.3 Å². The highest BCUT2D eigenvalue weighted by Crippen LogP contribution is 2.39. The van der Waals surface area contributed by atoms with E-state index in [1.165, 1.54) is 6.07 Å². The third-order valence-corrected chi connectivity index (χ3v) is 6.85. The molecule has 1 aliphatic carbocycles. The molecule has 34 heavy (non-hydrogen) atoms. The number of rotatable bonds is 8. The van der Waals surface area contributed by atoms with Gasteiger partial charge in [0.25, 0.3) is 0 Å². The standard InChI is InChI=1S/C28H30N2O4/c1-18-19(14-16-26(32)33)7-4-8-24(18)30-28(34)27(21-5-2-3-6-21)22-11-9-20(10-12-22)23-13-15-25(31)29-17-23/h4,7-13,15,17,21,27H,2-3,5-6,14,16H2,1H3,(H,29,31)(H,30,34)(H,32,33). The number of carbonyl (C=O) groups excluding carboxylic acids is 1. The van der Waals surface area contributed by atoms with E-state index >= 15 is 0 Å². The lowest BCUT2D eigenvalue weighted by atomic mass is 9.83. The zero-order valence-corrected chi connectivity index (χ0v) is 19.3. The van der Waals surface area contributed by atoms with E-state index in [-0.39, 0.29) is 29.7 Å². The van der Waals surface area contributed by atoms with Gasteiger partial charge in [-0.15, -0.1) is 0 Å². The highest BCUT2D eigenvalue weighted by atomic mass is 16.4. The Labute approximate surface area is 199 Å². The molecule has 1 heterocycles. The summed E-state index contributed by atoms with van der Waals surface area (Å²) in [6, 6.07) is 17.0. The fourth-order valence-electron chi connectivity index (χ4n) is 4.94. The van der Waals surface area contributed by atoms with Crippen LogP contribution in [0.3, 0.4) is 0 Å². The second kappa shape index (κ2) is 10.5. The fraction of sp³-hybridized carbons (Fsp3) is 0.321. The zero-order chi connectivity index (χ0) is 24.1. The van der Waals surface area contributed by atoms with Crippen LogP contribution in [-0.2, 0) is 16.0 Å². The number of aliphatic carboxylic acids is 1. The number of aromatic amines is 1. The number of nitrogens with one attached hydrogen (secondary N) is 2. The highest BCUT2D eigenvalue weighted by molar-refractivity contribution is 5.97. The largest absolute Gasteiger partial charge is 0.481 e. The maximum absolute atomic E-state index is 13.6. The van der Waals surface area contributed by atoms with Crippen molar-refractivity contribution in [2.45, 2.75) is 51.4 Å². The van der Waals surface area contributed by atoms with Crippen LogP contribution in [0.15, 0.2) is 65.6 Å². The van der Waals surface area contributed by atoms with E-state index in [9.17, 15) is 14.4 Å². The molecular formula is C28H30N2O4. The summed E-state index contributed by atoms with van der Waals surface area (Å²) in [6.45, 7) is 1.93. The third kappa shape index (κ3) is 5.45. The number of hydrogen-bond donors (Lipinski definition) is 3. The monoisotopic (exact) mass is 458 g/mol. The normalized spacial score (nSPS) is 14.6. The van der Waals surface area contributed by atoms with E-state index in [4.69, 9.17) is 5.11 Å². The van der Waals surface area contributed by atoms with Crippen LogP contribution in [-0.4, -0.2) is 22.0 Å². The van der Waals surface area contributed by atoms with Gasteiger partial charge < -0.3 is 15.4 Å². The fourth-order valence-corrected chi connectivity index (χ4v) is 4.94. The molecule has 1 fully saturated rings. The number of carboxylic acid groups (broad SMARTS) is 1. The van der Waals surface area contributed by atoms with Crippen LogP contribution >= 0.6 is 0 Å². The molecule has 1 atom stereocenters. The summed E-state index contributed by atoms with van der Waals surface area (Å²) in [5.41, 5.74) is 5.33. The van der Waals surface area contributed by atoms with Crippen LogP contribution < -0.4 is 10.9 Å². The van der Waals surface area contributed by atoms with Crippen molar-refractivity contribution < 1.29 is 14.7 Å². The molecule has 2 aromatic carbocycles. The Kier molecular flexibility index (Phi) is 7.26. The van der Waals surface area contributed by atoms with Crippen molar-refractivity contribution in [3.05, 3.63) is 87.8 Å². The molecule has 0 aliphatic heterocycles. The molecule has 1 aromatic heterocycles. The quantitative estimate of drug-likeness (QED) is 0.428. The Balaban J connectivity index is 1.58. The van der Waals surface area contributed by atoms with Crippen molar-refractivity contribution >= 4 is 17.6 Å². The molecule has 1 unspecified atom stereocenters. The second-order valence-electron chi connectivity index (χ2n) is 9.06. The van der Waals surface area contributed by atoms with E-state index in [1.54, 1.807) is 12.3 Å². The van der Waals surface area contributed by atoms with Gasteiger partial charge in [-0.2, -0.15) is 0 Å². The number of carbonyl (C=O) groups is 2. The Morgan fingerprint density at radius 1 is 1.03 bits per heavy atom. The lowest BCUT2D eigenvalue weighted by molar-refractivity contribution is -0.137. The Hall–Kier alpha value is -3.67. The number of H-pyrrole nitrogens is 1. The summed E-state index contributed by atoms with van der Waals surface area (Å²) < 4.78 is 0. The highest BCUT2D eigenvalue weighted by Gasteiger charge is 2.32. The van der Waals surface area contributed by atoms with Gasteiger partial charge in [-0.1, -0.05) is 49.2 Å². The van der Waals surface area contributed by atoms with Gasteiger partial charge in [-0.05, 0) is 72.1 Å². The summed E-state index contributed by atoms with van der Waals surface area (Å²) in [5.74, 6) is -0.828. The molecule has 0 saturated heterocycles. The van der Waals surface area contributed by atoms with Gasteiger partial charge in [0.15, 0.2) is 0 Å². The van der Waals surface area contributed by atoms with E-state index in [1.807, 2.05) is 49.4 Å². The Morgan fingerprint density at radius 2 is 1.74 bits per heavy atom. The van der Waals surface area contributed by atoms with Crippen molar-refractivity contribution in [2.75, 3.05) is 5.32 Å². The van der Waals surface area contributed by atoms with E-state index < -0.39 is 5.97 Å². The Bertz CT molecular complexity index is 1200. The van der Waals surface area contributed by atoms with Crippen molar-refractivity contribution in [2.24, 2.45) is 5.92 Å². The van der Waals surface area contributed by atoms with Crippen LogP contribution in [0.5, 0.6) is 0 Å². The molecule has 3 N–H and O–H groups in total. The number of aromatic nitrogens is 1. The number of amides is 1. The van der Waals surface area contributed by atoms with Crippen LogP contribution in [0, 0.1) is 12.8 Å². The van der Waals surface area contributed by atoms with Gasteiger partial charge >= 0.3 is 5.97 Å². The maximum atomic E-state index is 13.6. The first-order chi connectivity index (χ1) is 16.4. The molecule has 1 aliphatic rings. The smallest absolute Gasteiger partial charge is 0.303 e. The molecule has 3 aromatic rings. The van der Waals surface area contributed by atoms with Gasteiger partial charge in [0.2, 0.25) is 11.5 Å². The summed E-state index contributed by atoms with van der Waals surface area (Å²) in [4.78, 5) is 38.6. The molecule has 0 radical (unpaired) electrons. The van der Waals surface area contributed by atoms with Crippen molar-refractivity contribution in [1.29, 1.82) is 0 Å². The predicted molar refractivity (Wildman–Crippen MR) is 133 cm³/mol. The van der Waals surface area contributed by atoms with Crippen molar-refractivity contribution in [1.82, 2.24) is 4.98 Å². The minimum absolute atomic E-state index is 0.0258. The van der Waals surface area contributed by atoms with Crippen LogP contribution in [0.2, 0.25) is 0 Å². The second-order valence-corrected chi connectivity index (χ2v) is 9.06. The number of aryl methyl sites for hydroxylation is 1. The molecule has 6 heteroatoms. The van der Waals surface area contributed by atoms with Crippen LogP contribution in [0.25, 0.3) is 11.1 Å². The van der Waals surface area contributed by atoms with Crippen molar-refractivity contribution in [3.63, 3.8) is 0 Å². The average molecular weight is 459 g/mol. The average Bonchev–Trinajstić information content (AvgIpc) is 3.35. The molecule has 1 amide bonds. The van der Waals surface area contributed by atoms with E-state index in [0.29, 0.717) is 6.42 Å². The molecule has 176 valence electrons. The third-order valence-electron chi connectivity index (χ3n) is 6.85. The zero-order valence-electron chi connectivity index (χ0n) is 19.3. The predicted octanol–water partition coefficient (Wildman–Crippen LogP) is 5.28. The minimum atomic E-state index is -0.833. The van der Waals surface area contributed by atoms with Gasteiger partial charge in [0.05, 0.1) is 5.92 Å². The summed E-state index contributed by atoms with van der Waals surface area (Å²) in [5, 5.41) is 12.2. The number of benzene rings is 2. The SMILES string of the molecule is Cc1c(CCC(=O)O)cccc1NC(=O)C(c1ccc(-c2ccc(=O)[nH]c2)cc1)C1CCCC1. The maximum Gasteiger partial charge on any atom is 0.303 e. The summed E-state index contributed by atoms with van der Waals surface area (Å²) >= 11 is 0. The summed E-state index contributed by atoms with van der Waals surface area (Å²) in [6.07, 6.45) is 6.50. The molecule has 0 spiro atoms. The van der Waals surface area contributed by atoms with Gasteiger partial charge in [-0.25, -0.2) is 0 Å². The van der Waals surface area contributed by atoms with E-state index in [0.717, 1.165) is 59.2 Å². The lowest BCUT2D eigenvalue weighted by Crippen LogP contribution is -2.27. The molecule has 6 nitrogen and oxygen atoms in total. The number of carboxylic acids is 1. The molecule has 1 saturated carbocycles. The first kappa shape index (κ1) is 23.5. The topological polar surface area (TPSA) is 99.3 Å². The first-order valence-electron chi connectivity index (χ1n) is 11.8. The molecule has 4 rings (SSSR count). The van der Waals surface area contributed by atoms with Gasteiger partial charge in [0.1, 0.15) is 0 Å². The molecular weight excluding hydrogens is 428 g/mol. The molecule has 0 bridgehead atoms. The van der Waals surface area contributed by atoms with Crippen molar-refractivity contribution in [3.8, 4) is 11.1 Å². The van der Waals surface area contributed by atoms with Crippen LogP contribution in [0.4, 0.5) is 5.69 Å². The lowest BCUT2D eigenvalue weighted by Gasteiger charge is -2.24. The minimum Gasteiger partial charge on any atom is -0.481 e. The van der Waals surface area contributed by atoms with Gasteiger partial charge in [-0.3, -0.25) is 14.4 Å². The van der Waals surface area contributed by atoms with Gasteiger partial charge in [0, 0.05) is 24.4 Å². The summed E-state index contributed by atoms with van der Waals surface area (Å²) in [7, 11) is 0. The number of anilines is 1. The number of hydrogen-bond acceptors (Lipinski definition) is 3. The first-order valence-corrected chi connectivity index (χ1v) is 11.8. The number of pyridine rings is 1. The van der Waals surface area contributed by atoms with Crippen LogP contribution in [0.1, 0.15) is 54.7 Å². The Morgan fingerprint density at radius 3 is 2.38 bits per heavy atom.